The molecule has 0 spiro atoms. The monoisotopic (exact) mass is 578 g/mol. The lowest BCUT2D eigenvalue weighted by atomic mass is 9.95. The van der Waals surface area contributed by atoms with Gasteiger partial charge in [-0.3, -0.25) is 9.78 Å². The van der Waals surface area contributed by atoms with Crippen molar-refractivity contribution in [1.82, 2.24) is 14.2 Å². The molecule has 35 heavy (non-hydrogen) atoms. The number of carbonyl (C=O) groups excluding carboxylic acids is 1. The Labute approximate surface area is 220 Å². The van der Waals surface area contributed by atoms with E-state index in [9.17, 15) is 13.2 Å². The molecule has 0 radical (unpaired) electrons. The van der Waals surface area contributed by atoms with Crippen molar-refractivity contribution in [2.45, 2.75) is 17.7 Å². The highest BCUT2D eigenvalue weighted by Crippen LogP contribution is 2.27. The Morgan fingerprint density at radius 3 is 2.31 bits per heavy atom. The summed E-state index contributed by atoms with van der Waals surface area (Å²) in [5, 5.41) is 1.82. The van der Waals surface area contributed by atoms with Gasteiger partial charge in [0, 0.05) is 55.3 Å². The van der Waals surface area contributed by atoms with Crippen LogP contribution in [0.1, 0.15) is 12.8 Å². The van der Waals surface area contributed by atoms with Crippen LogP contribution < -0.4 is 4.90 Å². The van der Waals surface area contributed by atoms with Crippen LogP contribution in [0.5, 0.6) is 0 Å². The van der Waals surface area contributed by atoms with Crippen molar-refractivity contribution in [1.29, 1.82) is 0 Å². The third-order valence-electron chi connectivity index (χ3n) is 6.82. The van der Waals surface area contributed by atoms with Gasteiger partial charge in [-0.05, 0) is 65.9 Å². The number of pyridine rings is 1. The van der Waals surface area contributed by atoms with Crippen LogP contribution in [0.3, 0.4) is 0 Å². The number of rotatable bonds is 5. The number of sulfonamides is 1. The summed E-state index contributed by atoms with van der Waals surface area (Å²) in [5.74, 6) is 0.320. The van der Waals surface area contributed by atoms with Crippen LogP contribution in [0.15, 0.2) is 70.3 Å². The van der Waals surface area contributed by atoms with Crippen LogP contribution in [0, 0.1) is 5.92 Å². The number of piperidine rings is 1. The molecule has 1 amide bonds. The van der Waals surface area contributed by atoms with Gasteiger partial charge in [-0.15, -0.1) is 12.4 Å². The Balaban J connectivity index is 0.00000289. The molecule has 186 valence electrons. The zero-order chi connectivity index (χ0) is 23.7. The van der Waals surface area contributed by atoms with Crippen molar-refractivity contribution in [3.8, 4) is 0 Å². The van der Waals surface area contributed by atoms with Gasteiger partial charge in [0.25, 0.3) is 0 Å². The van der Waals surface area contributed by atoms with E-state index in [-0.39, 0.29) is 29.8 Å². The van der Waals surface area contributed by atoms with Gasteiger partial charge in [-0.25, -0.2) is 8.42 Å². The van der Waals surface area contributed by atoms with Crippen LogP contribution in [-0.4, -0.2) is 67.8 Å². The molecule has 2 aromatic carbocycles. The number of hydrogen-bond acceptors (Lipinski definition) is 5. The van der Waals surface area contributed by atoms with Crippen LogP contribution in [0.25, 0.3) is 10.8 Å². The summed E-state index contributed by atoms with van der Waals surface area (Å²) in [6, 6.07) is 14.9. The fourth-order valence-electron chi connectivity index (χ4n) is 4.83. The van der Waals surface area contributed by atoms with E-state index in [0.29, 0.717) is 25.6 Å². The number of nitrogens with zero attached hydrogens (tertiary/aromatic N) is 4. The Kier molecular flexibility index (Phi) is 8.00. The van der Waals surface area contributed by atoms with Crippen molar-refractivity contribution >= 4 is 60.7 Å². The fourth-order valence-corrected chi connectivity index (χ4v) is 6.62. The molecule has 2 aliphatic rings. The lowest BCUT2D eigenvalue weighted by Gasteiger charge is -2.38. The number of fused-ring (bicyclic) bond motifs is 1. The van der Waals surface area contributed by atoms with E-state index in [1.807, 2.05) is 53.7 Å². The van der Waals surface area contributed by atoms with E-state index in [0.717, 1.165) is 41.2 Å². The molecule has 2 saturated heterocycles. The first-order valence-corrected chi connectivity index (χ1v) is 13.8. The van der Waals surface area contributed by atoms with Crippen molar-refractivity contribution in [2.75, 3.05) is 44.2 Å². The third-order valence-corrected chi connectivity index (χ3v) is 9.15. The van der Waals surface area contributed by atoms with E-state index < -0.39 is 10.0 Å². The number of hydrogen-bond donors (Lipinski definition) is 0. The standard InChI is InChI=1S/C25H27BrN4O3S.ClH/c26-22-3-1-21-16-24(4-2-20(21)15-22)34(32,33)30-14-13-29(25(31)18-30)17-19-7-11-28(12-8-19)23-5-9-27-10-6-23;/h1-6,9-10,15-16,19H,7-8,11-14,17-18H2;1H. The smallest absolute Gasteiger partial charge is 0.243 e. The second-order valence-corrected chi connectivity index (χ2v) is 11.8. The minimum atomic E-state index is -3.73. The molecule has 0 atom stereocenters. The molecule has 10 heteroatoms. The van der Waals surface area contributed by atoms with E-state index in [2.05, 4.69) is 25.8 Å². The lowest BCUT2D eigenvalue weighted by molar-refractivity contribution is -0.134. The number of aromatic nitrogens is 1. The van der Waals surface area contributed by atoms with Crippen molar-refractivity contribution in [3.05, 3.63) is 65.4 Å². The predicted octanol–water partition coefficient (Wildman–Crippen LogP) is 4.17. The zero-order valence-electron chi connectivity index (χ0n) is 19.2. The van der Waals surface area contributed by atoms with E-state index in [4.69, 9.17) is 0 Å². The Morgan fingerprint density at radius 2 is 1.60 bits per heavy atom. The summed E-state index contributed by atoms with van der Waals surface area (Å²) in [6.45, 7) is 3.26. The summed E-state index contributed by atoms with van der Waals surface area (Å²) in [6.07, 6.45) is 5.65. The van der Waals surface area contributed by atoms with Crippen molar-refractivity contribution in [3.63, 3.8) is 0 Å². The number of amides is 1. The number of halogens is 2. The molecule has 5 rings (SSSR count). The van der Waals surface area contributed by atoms with Gasteiger partial charge >= 0.3 is 0 Å². The maximum absolute atomic E-state index is 13.2. The maximum atomic E-state index is 13.2. The Hall–Kier alpha value is -2.20. The fraction of sp³-hybridized carbons (Fsp3) is 0.360. The Bertz CT molecular complexity index is 1300. The van der Waals surface area contributed by atoms with Gasteiger partial charge in [0.05, 0.1) is 11.4 Å². The molecular formula is C25H28BrClN4O3S. The molecule has 3 heterocycles. The molecule has 2 fully saturated rings. The highest BCUT2D eigenvalue weighted by Gasteiger charge is 2.34. The van der Waals surface area contributed by atoms with Gasteiger partial charge in [0.15, 0.2) is 0 Å². The summed E-state index contributed by atoms with van der Waals surface area (Å²) in [7, 11) is -3.73. The average molecular weight is 580 g/mol. The van der Waals surface area contributed by atoms with Crippen molar-refractivity contribution < 1.29 is 13.2 Å². The first kappa shape index (κ1) is 25.9. The molecule has 0 N–H and O–H groups in total. The first-order valence-electron chi connectivity index (χ1n) is 11.5. The van der Waals surface area contributed by atoms with Gasteiger partial charge < -0.3 is 9.80 Å². The minimum absolute atomic E-state index is 0. The van der Waals surface area contributed by atoms with E-state index in [1.165, 1.54) is 9.99 Å². The number of anilines is 1. The second kappa shape index (κ2) is 10.8. The van der Waals surface area contributed by atoms with Crippen LogP contribution in [-0.2, 0) is 14.8 Å². The van der Waals surface area contributed by atoms with E-state index >= 15 is 0 Å². The molecule has 0 unspecified atom stereocenters. The largest absolute Gasteiger partial charge is 0.371 e. The zero-order valence-corrected chi connectivity index (χ0v) is 22.4. The molecule has 0 saturated carbocycles. The highest BCUT2D eigenvalue weighted by atomic mass is 79.9. The summed E-state index contributed by atoms with van der Waals surface area (Å²) in [4.78, 5) is 21.4. The second-order valence-electron chi connectivity index (χ2n) is 8.97. The molecule has 7 nitrogen and oxygen atoms in total. The van der Waals surface area contributed by atoms with Crippen LogP contribution in [0.4, 0.5) is 5.69 Å². The van der Waals surface area contributed by atoms with Gasteiger partial charge in [0.2, 0.25) is 15.9 Å². The average Bonchev–Trinajstić information content (AvgIpc) is 2.86. The quantitative estimate of drug-likeness (QED) is 0.454. The summed E-state index contributed by atoms with van der Waals surface area (Å²) < 4.78 is 28.8. The normalized spacial score (nSPS) is 18.0. The van der Waals surface area contributed by atoms with Crippen LogP contribution in [0.2, 0.25) is 0 Å². The van der Waals surface area contributed by atoms with Crippen molar-refractivity contribution in [2.24, 2.45) is 5.92 Å². The van der Waals surface area contributed by atoms with E-state index in [1.54, 1.807) is 12.1 Å². The lowest BCUT2D eigenvalue weighted by Crippen LogP contribution is -2.53. The van der Waals surface area contributed by atoms with Gasteiger partial charge in [-0.2, -0.15) is 4.31 Å². The summed E-state index contributed by atoms with van der Waals surface area (Å²) >= 11 is 3.44. The summed E-state index contributed by atoms with van der Waals surface area (Å²) in [5.41, 5.74) is 1.18. The molecule has 3 aromatic rings. The Morgan fingerprint density at radius 1 is 0.914 bits per heavy atom. The third kappa shape index (κ3) is 5.63. The topological polar surface area (TPSA) is 73.8 Å². The number of piperazine rings is 1. The van der Waals surface area contributed by atoms with Gasteiger partial charge in [0.1, 0.15) is 0 Å². The molecular weight excluding hydrogens is 552 g/mol. The number of benzene rings is 2. The molecule has 1 aromatic heterocycles. The molecule has 0 aliphatic carbocycles. The predicted molar refractivity (Wildman–Crippen MR) is 143 cm³/mol. The maximum Gasteiger partial charge on any atom is 0.243 e. The highest BCUT2D eigenvalue weighted by molar-refractivity contribution is 9.10. The van der Waals surface area contributed by atoms with Crippen LogP contribution >= 0.6 is 28.3 Å². The number of carbonyl (C=O) groups is 1. The molecule has 0 bridgehead atoms. The first-order chi connectivity index (χ1) is 16.4. The SMILES string of the molecule is Cl.O=C1CN(S(=O)(=O)c2ccc3cc(Br)ccc3c2)CCN1CC1CCN(c2ccncc2)CC1. The minimum Gasteiger partial charge on any atom is -0.371 e. The molecule has 2 aliphatic heterocycles. The van der Waals surface area contributed by atoms with Gasteiger partial charge in [-0.1, -0.05) is 28.1 Å².